The van der Waals surface area contributed by atoms with E-state index in [1.807, 2.05) is 6.07 Å². The molecule has 1 aliphatic rings. The fourth-order valence-corrected chi connectivity index (χ4v) is 2.12. The number of rotatable bonds is 1. The Morgan fingerprint density at radius 3 is 2.79 bits per heavy atom. The van der Waals surface area contributed by atoms with Gasteiger partial charge in [0.1, 0.15) is 11.5 Å². The molecule has 94 valence electrons. The summed E-state index contributed by atoms with van der Waals surface area (Å²) in [6.07, 6.45) is 1.63. The first-order valence-electron chi connectivity index (χ1n) is 5.66. The van der Waals surface area contributed by atoms with Gasteiger partial charge in [0, 0.05) is 11.1 Å². The largest absolute Gasteiger partial charge is 0.508 e. The highest BCUT2D eigenvalue weighted by Gasteiger charge is 2.27. The molecule has 0 amide bonds. The quantitative estimate of drug-likeness (QED) is 0.806. The van der Waals surface area contributed by atoms with Crippen molar-refractivity contribution in [3.8, 4) is 11.5 Å². The molecule has 1 aliphatic heterocycles. The van der Waals surface area contributed by atoms with E-state index in [0.29, 0.717) is 16.3 Å². The third-order valence-electron chi connectivity index (χ3n) is 2.80. The van der Waals surface area contributed by atoms with Crippen LogP contribution in [0.4, 0.5) is 0 Å². The highest BCUT2D eigenvalue weighted by atomic mass is 35.5. The molecule has 2 aromatic rings. The van der Waals surface area contributed by atoms with Gasteiger partial charge in [0.05, 0.1) is 5.56 Å². The SMILES string of the molecule is O=C1/C(=C\c2cccc(Cl)c2)Oc2cc(O)ccc21. The van der Waals surface area contributed by atoms with Crippen molar-refractivity contribution in [1.29, 1.82) is 0 Å². The van der Waals surface area contributed by atoms with Crippen LogP contribution in [0.5, 0.6) is 11.5 Å². The second-order valence-electron chi connectivity index (χ2n) is 4.18. The molecule has 3 rings (SSSR count). The highest BCUT2D eigenvalue weighted by Crippen LogP contribution is 2.34. The smallest absolute Gasteiger partial charge is 0.231 e. The van der Waals surface area contributed by atoms with Gasteiger partial charge in [0.15, 0.2) is 5.76 Å². The molecule has 0 fully saturated rings. The molecule has 0 aliphatic carbocycles. The molecule has 2 aromatic carbocycles. The summed E-state index contributed by atoms with van der Waals surface area (Å²) in [5, 5.41) is 9.96. The third-order valence-corrected chi connectivity index (χ3v) is 3.04. The predicted octanol–water partition coefficient (Wildman–Crippen LogP) is 3.66. The minimum absolute atomic E-state index is 0.0653. The van der Waals surface area contributed by atoms with Crippen LogP contribution < -0.4 is 4.74 Å². The van der Waals surface area contributed by atoms with Crippen molar-refractivity contribution >= 4 is 23.5 Å². The normalized spacial score (nSPS) is 15.4. The van der Waals surface area contributed by atoms with Gasteiger partial charge < -0.3 is 9.84 Å². The Hall–Kier alpha value is -2.26. The average Bonchev–Trinajstić information content (AvgIpc) is 2.66. The maximum Gasteiger partial charge on any atom is 0.231 e. The molecule has 3 nitrogen and oxygen atoms in total. The topological polar surface area (TPSA) is 46.5 Å². The molecule has 0 radical (unpaired) electrons. The van der Waals surface area contributed by atoms with Gasteiger partial charge in [-0.25, -0.2) is 0 Å². The van der Waals surface area contributed by atoms with Crippen molar-refractivity contribution in [2.45, 2.75) is 0 Å². The van der Waals surface area contributed by atoms with Gasteiger partial charge in [-0.05, 0) is 35.9 Å². The van der Waals surface area contributed by atoms with Crippen LogP contribution >= 0.6 is 11.6 Å². The van der Waals surface area contributed by atoms with E-state index in [1.54, 1.807) is 30.3 Å². The fourth-order valence-electron chi connectivity index (χ4n) is 1.92. The number of ketones is 1. The highest BCUT2D eigenvalue weighted by molar-refractivity contribution is 6.30. The van der Waals surface area contributed by atoms with E-state index in [0.717, 1.165) is 5.56 Å². The zero-order valence-corrected chi connectivity index (χ0v) is 10.5. The van der Waals surface area contributed by atoms with E-state index in [1.165, 1.54) is 12.1 Å². The van der Waals surface area contributed by atoms with E-state index < -0.39 is 0 Å². The van der Waals surface area contributed by atoms with Crippen LogP contribution in [0.25, 0.3) is 6.08 Å². The summed E-state index contributed by atoms with van der Waals surface area (Å²) >= 11 is 5.89. The Bertz CT molecular complexity index is 704. The zero-order valence-electron chi connectivity index (χ0n) is 9.76. The van der Waals surface area contributed by atoms with E-state index >= 15 is 0 Å². The minimum atomic E-state index is -0.199. The number of allylic oxidation sites excluding steroid dienone is 1. The molecule has 0 unspecified atom stereocenters. The molecule has 0 saturated carbocycles. The van der Waals surface area contributed by atoms with Crippen LogP contribution in [0.2, 0.25) is 5.02 Å². The second kappa shape index (κ2) is 4.44. The molecule has 1 N–H and O–H groups in total. The lowest BCUT2D eigenvalue weighted by atomic mass is 10.1. The van der Waals surface area contributed by atoms with Crippen LogP contribution in [-0.4, -0.2) is 10.9 Å². The van der Waals surface area contributed by atoms with Crippen molar-refractivity contribution < 1.29 is 14.6 Å². The number of hydrogen-bond donors (Lipinski definition) is 1. The summed E-state index contributed by atoms with van der Waals surface area (Å²) in [7, 11) is 0. The Labute approximate surface area is 114 Å². The van der Waals surface area contributed by atoms with Crippen molar-refractivity contribution in [1.82, 2.24) is 0 Å². The number of fused-ring (bicyclic) bond motifs is 1. The Morgan fingerprint density at radius 2 is 2.00 bits per heavy atom. The monoisotopic (exact) mass is 272 g/mol. The lowest BCUT2D eigenvalue weighted by molar-refractivity contribution is 0.101. The first kappa shape index (κ1) is 11.8. The summed E-state index contributed by atoms with van der Waals surface area (Å²) in [5.74, 6) is 0.465. The van der Waals surface area contributed by atoms with E-state index in [-0.39, 0.29) is 17.3 Å². The van der Waals surface area contributed by atoms with Crippen molar-refractivity contribution in [2.24, 2.45) is 0 Å². The number of carbonyl (C=O) groups is 1. The number of aromatic hydroxyl groups is 1. The summed E-state index contributed by atoms with van der Waals surface area (Å²) in [6.45, 7) is 0. The number of phenolic OH excluding ortho intramolecular Hbond substituents is 1. The second-order valence-corrected chi connectivity index (χ2v) is 4.61. The first-order valence-corrected chi connectivity index (χ1v) is 6.04. The summed E-state index contributed by atoms with van der Waals surface area (Å²) < 4.78 is 5.45. The standard InChI is InChI=1S/C15H9ClO3/c16-10-3-1-2-9(6-10)7-14-15(18)12-5-4-11(17)8-13(12)19-14/h1-8,17H/b14-7+. The van der Waals surface area contributed by atoms with Gasteiger partial charge in [-0.15, -0.1) is 0 Å². The van der Waals surface area contributed by atoms with Gasteiger partial charge >= 0.3 is 0 Å². The van der Waals surface area contributed by atoms with Crippen molar-refractivity contribution in [3.63, 3.8) is 0 Å². The van der Waals surface area contributed by atoms with Crippen LogP contribution in [0.1, 0.15) is 15.9 Å². The molecule has 4 heteroatoms. The van der Waals surface area contributed by atoms with Gasteiger partial charge in [-0.3, -0.25) is 4.79 Å². The fraction of sp³-hybridized carbons (Fsp3) is 0. The molecule has 0 bridgehead atoms. The number of Topliss-reactive ketones (excluding diaryl/α,β-unsaturated/α-hetero) is 1. The third kappa shape index (κ3) is 2.20. The van der Waals surface area contributed by atoms with Gasteiger partial charge in [0.2, 0.25) is 5.78 Å². The van der Waals surface area contributed by atoms with Crippen molar-refractivity contribution in [3.05, 3.63) is 64.4 Å². The molecule has 0 saturated heterocycles. The van der Waals surface area contributed by atoms with E-state index in [2.05, 4.69) is 0 Å². The summed E-state index contributed by atoms with van der Waals surface area (Å²) in [4.78, 5) is 12.1. The van der Waals surface area contributed by atoms with Crippen LogP contribution in [0.3, 0.4) is 0 Å². The van der Waals surface area contributed by atoms with E-state index in [9.17, 15) is 9.90 Å². The number of phenols is 1. The maximum absolute atomic E-state index is 12.1. The number of hydrogen-bond acceptors (Lipinski definition) is 3. The minimum Gasteiger partial charge on any atom is -0.508 e. The maximum atomic E-state index is 12.1. The molecule has 19 heavy (non-hydrogen) atoms. The molecule has 0 aromatic heterocycles. The van der Waals surface area contributed by atoms with Gasteiger partial charge in [-0.2, -0.15) is 0 Å². The zero-order chi connectivity index (χ0) is 13.4. The number of benzene rings is 2. The van der Waals surface area contributed by atoms with E-state index in [4.69, 9.17) is 16.3 Å². The van der Waals surface area contributed by atoms with Crippen LogP contribution in [-0.2, 0) is 0 Å². The molecular weight excluding hydrogens is 264 g/mol. The average molecular weight is 273 g/mol. The Balaban J connectivity index is 1.99. The number of carbonyl (C=O) groups excluding carboxylic acids is 1. The molecule has 1 heterocycles. The first-order chi connectivity index (χ1) is 9.13. The Kier molecular flexibility index (Phi) is 2.76. The molecule has 0 atom stereocenters. The lowest BCUT2D eigenvalue weighted by Crippen LogP contribution is -1.97. The summed E-state index contributed by atoms with van der Waals surface area (Å²) in [6, 6.07) is 11.6. The summed E-state index contributed by atoms with van der Waals surface area (Å²) in [5.41, 5.74) is 1.24. The molecular formula is C15H9ClO3. The van der Waals surface area contributed by atoms with Gasteiger partial charge in [-0.1, -0.05) is 23.7 Å². The number of halogens is 1. The predicted molar refractivity (Wildman–Crippen MR) is 72.5 cm³/mol. The van der Waals surface area contributed by atoms with Gasteiger partial charge in [0.25, 0.3) is 0 Å². The van der Waals surface area contributed by atoms with Crippen LogP contribution in [0, 0.1) is 0 Å². The Morgan fingerprint density at radius 1 is 1.16 bits per heavy atom. The van der Waals surface area contributed by atoms with Crippen LogP contribution in [0.15, 0.2) is 48.2 Å². The van der Waals surface area contributed by atoms with Crippen molar-refractivity contribution in [2.75, 3.05) is 0 Å². The molecule has 0 spiro atoms. The number of ether oxygens (including phenoxy) is 1. The lowest BCUT2D eigenvalue weighted by Gasteiger charge is -1.99.